The highest BCUT2D eigenvalue weighted by Crippen LogP contribution is 2.46. The van der Waals surface area contributed by atoms with E-state index in [1.165, 1.54) is 37.7 Å². The average molecular weight is 204 g/mol. The lowest BCUT2D eigenvalue weighted by atomic mass is 9.86. The van der Waals surface area contributed by atoms with Gasteiger partial charge in [0.1, 0.15) is 0 Å². The number of rotatable bonds is 1. The van der Waals surface area contributed by atoms with Crippen LogP contribution in [0.2, 0.25) is 0 Å². The molecule has 0 amide bonds. The molecule has 0 saturated heterocycles. The molecule has 0 N–H and O–H groups in total. The zero-order valence-corrected chi connectivity index (χ0v) is 10.5. The lowest BCUT2D eigenvalue weighted by Crippen LogP contribution is -2.08. The Morgan fingerprint density at radius 3 is 2.67 bits per heavy atom. The molecule has 2 rings (SSSR count). The lowest BCUT2D eigenvalue weighted by Gasteiger charge is -2.19. The molecule has 15 heavy (non-hydrogen) atoms. The molecule has 84 valence electrons. The van der Waals surface area contributed by atoms with Crippen molar-refractivity contribution in [3.05, 3.63) is 23.3 Å². The van der Waals surface area contributed by atoms with Gasteiger partial charge in [-0.15, -0.1) is 0 Å². The van der Waals surface area contributed by atoms with Crippen LogP contribution in [0.3, 0.4) is 0 Å². The van der Waals surface area contributed by atoms with Gasteiger partial charge in [0.05, 0.1) is 0 Å². The molecule has 2 aliphatic rings. The van der Waals surface area contributed by atoms with Crippen LogP contribution < -0.4 is 0 Å². The first-order chi connectivity index (χ1) is 7.09. The fourth-order valence-electron chi connectivity index (χ4n) is 3.43. The highest BCUT2D eigenvalue weighted by Gasteiger charge is 2.32. The summed E-state index contributed by atoms with van der Waals surface area (Å²) < 4.78 is 0. The Kier molecular flexibility index (Phi) is 3.04. The second-order valence-electron chi connectivity index (χ2n) is 5.75. The van der Waals surface area contributed by atoms with Crippen LogP contribution in [0.4, 0.5) is 0 Å². The van der Waals surface area contributed by atoms with Crippen molar-refractivity contribution in [3.8, 4) is 0 Å². The molecule has 0 radical (unpaired) electrons. The smallest absolute Gasteiger partial charge is 0.0171 e. The predicted octanol–water partition coefficient (Wildman–Crippen LogP) is 4.73. The van der Waals surface area contributed by atoms with Gasteiger partial charge in [0.15, 0.2) is 0 Å². The summed E-state index contributed by atoms with van der Waals surface area (Å²) in [5.74, 6) is 2.58. The molecule has 0 spiro atoms. The monoisotopic (exact) mass is 204 g/mol. The van der Waals surface area contributed by atoms with Gasteiger partial charge in [0.25, 0.3) is 0 Å². The topological polar surface area (TPSA) is 0 Å². The van der Waals surface area contributed by atoms with Crippen LogP contribution in [0.1, 0.15) is 52.9 Å². The van der Waals surface area contributed by atoms with Crippen molar-refractivity contribution < 1.29 is 0 Å². The minimum Gasteiger partial charge on any atom is -0.0998 e. The minimum absolute atomic E-state index is 0.764. The third kappa shape index (κ3) is 2.04. The molecule has 0 nitrogen and oxygen atoms in total. The Labute approximate surface area is 94.5 Å². The normalized spacial score (nSPS) is 36.3. The summed E-state index contributed by atoms with van der Waals surface area (Å²) in [6.45, 7) is 11.2. The predicted molar refractivity (Wildman–Crippen MR) is 66.7 cm³/mol. The fourth-order valence-corrected chi connectivity index (χ4v) is 3.43. The molecule has 3 atom stereocenters. The van der Waals surface area contributed by atoms with Gasteiger partial charge in [-0.2, -0.15) is 0 Å². The van der Waals surface area contributed by atoms with E-state index < -0.39 is 0 Å². The van der Waals surface area contributed by atoms with Crippen LogP contribution >= 0.6 is 0 Å². The number of allylic oxidation sites excluding steroid dienone is 3. The molecule has 0 aromatic heterocycles. The zero-order valence-electron chi connectivity index (χ0n) is 10.5. The van der Waals surface area contributed by atoms with Gasteiger partial charge in [-0.1, -0.05) is 30.2 Å². The Balaban J connectivity index is 2.23. The van der Waals surface area contributed by atoms with E-state index >= 15 is 0 Å². The summed E-state index contributed by atoms with van der Waals surface area (Å²) in [5, 5.41) is 0. The van der Waals surface area contributed by atoms with Crippen molar-refractivity contribution in [2.75, 3.05) is 0 Å². The van der Waals surface area contributed by atoms with Gasteiger partial charge < -0.3 is 0 Å². The second kappa shape index (κ2) is 4.15. The van der Waals surface area contributed by atoms with Gasteiger partial charge >= 0.3 is 0 Å². The van der Waals surface area contributed by atoms with E-state index in [1.54, 1.807) is 11.1 Å². The highest BCUT2D eigenvalue weighted by atomic mass is 14.4. The summed E-state index contributed by atoms with van der Waals surface area (Å²) in [7, 11) is 0. The molecule has 0 unspecified atom stereocenters. The molecule has 0 bridgehead atoms. The van der Waals surface area contributed by atoms with Crippen LogP contribution in [-0.4, -0.2) is 0 Å². The first-order valence-electron chi connectivity index (χ1n) is 6.43. The molecule has 2 aliphatic carbocycles. The Morgan fingerprint density at radius 1 is 1.27 bits per heavy atom. The van der Waals surface area contributed by atoms with Crippen LogP contribution in [0.15, 0.2) is 23.3 Å². The molecule has 1 fully saturated rings. The van der Waals surface area contributed by atoms with E-state index in [0.29, 0.717) is 0 Å². The first kappa shape index (κ1) is 11.0. The molecule has 0 heterocycles. The summed E-state index contributed by atoms with van der Waals surface area (Å²) in [4.78, 5) is 0. The van der Waals surface area contributed by atoms with Crippen molar-refractivity contribution in [1.82, 2.24) is 0 Å². The molecule has 0 aromatic carbocycles. The standard InChI is InChI=1S/C15H24/c1-10(2)13-7-5-11(3)14-8-6-12(4)15(14)9-13/h11,13-14H,1,5-9H2,2-4H3/t11-,13-,14-/m0/s1. The van der Waals surface area contributed by atoms with E-state index in [4.69, 9.17) is 0 Å². The van der Waals surface area contributed by atoms with Gasteiger partial charge in [-0.05, 0) is 63.7 Å². The summed E-state index contributed by atoms with van der Waals surface area (Å²) in [5.41, 5.74) is 4.89. The van der Waals surface area contributed by atoms with E-state index in [-0.39, 0.29) is 0 Å². The molecule has 1 saturated carbocycles. The maximum atomic E-state index is 4.16. The summed E-state index contributed by atoms with van der Waals surface area (Å²) in [6, 6.07) is 0. The average Bonchev–Trinajstić information content (AvgIpc) is 2.43. The van der Waals surface area contributed by atoms with E-state index in [0.717, 1.165) is 17.8 Å². The second-order valence-corrected chi connectivity index (χ2v) is 5.75. The molecule has 0 aromatic rings. The number of hydrogen-bond acceptors (Lipinski definition) is 0. The maximum absolute atomic E-state index is 4.16. The molecular formula is C15H24. The summed E-state index contributed by atoms with van der Waals surface area (Å²) >= 11 is 0. The number of fused-ring (bicyclic) bond motifs is 1. The van der Waals surface area contributed by atoms with Crippen LogP contribution in [0.5, 0.6) is 0 Å². The zero-order chi connectivity index (χ0) is 11.0. The van der Waals surface area contributed by atoms with Gasteiger partial charge in [0.2, 0.25) is 0 Å². The van der Waals surface area contributed by atoms with Gasteiger partial charge in [-0.25, -0.2) is 0 Å². The van der Waals surface area contributed by atoms with Crippen molar-refractivity contribution in [2.45, 2.75) is 52.9 Å². The van der Waals surface area contributed by atoms with Crippen LogP contribution in [0, 0.1) is 17.8 Å². The van der Waals surface area contributed by atoms with Gasteiger partial charge in [0, 0.05) is 0 Å². The van der Waals surface area contributed by atoms with Crippen molar-refractivity contribution >= 4 is 0 Å². The van der Waals surface area contributed by atoms with Crippen LogP contribution in [0.25, 0.3) is 0 Å². The van der Waals surface area contributed by atoms with E-state index in [1.807, 2.05) is 0 Å². The Morgan fingerprint density at radius 2 is 2.00 bits per heavy atom. The third-order valence-corrected chi connectivity index (χ3v) is 4.65. The Bertz CT molecular complexity index is 295. The largest absolute Gasteiger partial charge is 0.0998 e. The summed E-state index contributed by atoms with van der Waals surface area (Å²) in [6.07, 6.45) is 6.86. The van der Waals surface area contributed by atoms with Crippen molar-refractivity contribution in [2.24, 2.45) is 17.8 Å². The first-order valence-corrected chi connectivity index (χ1v) is 6.43. The fraction of sp³-hybridized carbons (Fsp3) is 0.733. The minimum atomic E-state index is 0.764. The van der Waals surface area contributed by atoms with Crippen molar-refractivity contribution in [3.63, 3.8) is 0 Å². The third-order valence-electron chi connectivity index (χ3n) is 4.65. The molecular weight excluding hydrogens is 180 g/mol. The maximum Gasteiger partial charge on any atom is -0.0171 e. The lowest BCUT2D eigenvalue weighted by molar-refractivity contribution is 0.385. The van der Waals surface area contributed by atoms with Crippen molar-refractivity contribution in [1.29, 1.82) is 0 Å². The quantitative estimate of drug-likeness (QED) is 0.542. The van der Waals surface area contributed by atoms with E-state index in [2.05, 4.69) is 27.4 Å². The number of hydrogen-bond donors (Lipinski definition) is 0. The molecule has 0 heteroatoms. The van der Waals surface area contributed by atoms with E-state index in [9.17, 15) is 0 Å². The Hall–Kier alpha value is -0.520. The van der Waals surface area contributed by atoms with Gasteiger partial charge in [-0.3, -0.25) is 0 Å². The highest BCUT2D eigenvalue weighted by molar-refractivity contribution is 5.25. The van der Waals surface area contributed by atoms with Crippen LogP contribution in [-0.2, 0) is 0 Å². The molecule has 0 aliphatic heterocycles. The SMILES string of the molecule is C=C(C)[C@H]1CC[C@H](C)[C@@H]2CCC(C)=C2C1.